The van der Waals surface area contributed by atoms with Gasteiger partial charge < -0.3 is 15.4 Å². The smallest absolute Gasteiger partial charge is 0.434 e. The first-order valence-electron chi connectivity index (χ1n) is 9.89. The molecule has 1 aromatic carbocycles. The van der Waals surface area contributed by atoms with Gasteiger partial charge in [-0.3, -0.25) is 0 Å². The van der Waals surface area contributed by atoms with E-state index < -0.39 is 29.4 Å². The number of aromatic nitrogens is 2. The van der Waals surface area contributed by atoms with Gasteiger partial charge in [-0.2, -0.15) is 18.4 Å². The monoisotopic (exact) mass is 555 g/mol. The van der Waals surface area contributed by atoms with E-state index >= 15 is 0 Å². The highest BCUT2D eigenvalue weighted by molar-refractivity contribution is 7.99. The minimum atomic E-state index is -4.99. The second kappa shape index (κ2) is 11.5. The lowest BCUT2D eigenvalue weighted by Crippen LogP contribution is -2.20. The summed E-state index contributed by atoms with van der Waals surface area (Å²) in [5, 5.41) is 14.4. The SMILES string of the molecule is CCOC(=O)c1cc(C#N)c(Sc2ccccc2NC(=O)Nc2cc(Cl)nc(Cl)c2)nc1C(F)(F)F. The summed E-state index contributed by atoms with van der Waals surface area (Å²) >= 11 is 12.3. The number of rotatable bonds is 6. The number of anilines is 2. The van der Waals surface area contributed by atoms with Crippen LogP contribution in [0.1, 0.15) is 28.5 Å². The molecule has 2 amide bonds. The molecule has 0 atom stereocenters. The Morgan fingerprint density at radius 2 is 1.78 bits per heavy atom. The highest BCUT2D eigenvalue weighted by Gasteiger charge is 2.39. The summed E-state index contributed by atoms with van der Waals surface area (Å²) in [7, 11) is 0. The van der Waals surface area contributed by atoms with Crippen LogP contribution in [0.3, 0.4) is 0 Å². The van der Waals surface area contributed by atoms with Crippen LogP contribution < -0.4 is 10.6 Å². The van der Waals surface area contributed by atoms with Crippen LogP contribution in [0.25, 0.3) is 0 Å². The molecule has 14 heteroatoms. The van der Waals surface area contributed by atoms with Crippen molar-refractivity contribution in [3.05, 3.63) is 69.6 Å². The van der Waals surface area contributed by atoms with E-state index in [1.54, 1.807) is 18.2 Å². The van der Waals surface area contributed by atoms with Gasteiger partial charge in [0.1, 0.15) is 21.4 Å². The molecule has 0 bridgehead atoms. The van der Waals surface area contributed by atoms with Crippen molar-refractivity contribution in [2.45, 2.75) is 23.0 Å². The maximum absolute atomic E-state index is 13.7. The third-order valence-electron chi connectivity index (χ3n) is 4.23. The molecule has 0 fully saturated rings. The Hall–Kier alpha value is -3.53. The third kappa shape index (κ3) is 6.78. The minimum Gasteiger partial charge on any atom is -0.462 e. The fourth-order valence-electron chi connectivity index (χ4n) is 2.82. The van der Waals surface area contributed by atoms with Crippen LogP contribution in [0.5, 0.6) is 0 Å². The average Bonchev–Trinajstić information content (AvgIpc) is 2.78. The summed E-state index contributed by atoms with van der Waals surface area (Å²) in [5.74, 6) is -1.25. The van der Waals surface area contributed by atoms with Crippen LogP contribution in [-0.2, 0) is 10.9 Å². The Balaban J connectivity index is 1.93. The van der Waals surface area contributed by atoms with Crippen LogP contribution in [0.2, 0.25) is 10.3 Å². The molecule has 8 nitrogen and oxygen atoms in total. The minimum absolute atomic E-state index is 0.0515. The van der Waals surface area contributed by atoms with Crippen LogP contribution in [-0.4, -0.2) is 28.6 Å². The Bertz CT molecular complexity index is 1350. The number of esters is 1. The highest BCUT2D eigenvalue weighted by Crippen LogP contribution is 2.38. The van der Waals surface area contributed by atoms with E-state index in [1.165, 1.54) is 31.2 Å². The van der Waals surface area contributed by atoms with Gasteiger partial charge in [0, 0.05) is 10.6 Å². The third-order valence-corrected chi connectivity index (χ3v) is 5.70. The number of pyridine rings is 2. The molecular formula is C22H14Cl2F3N5O3S. The lowest BCUT2D eigenvalue weighted by Gasteiger charge is -2.15. The van der Waals surface area contributed by atoms with E-state index in [-0.39, 0.29) is 43.8 Å². The summed E-state index contributed by atoms with van der Waals surface area (Å²) in [6.45, 7) is 1.28. The Morgan fingerprint density at radius 1 is 1.11 bits per heavy atom. The zero-order valence-electron chi connectivity index (χ0n) is 18.1. The first-order chi connectivity index (χ1) is 17.0. The number of carbonyl (C=O) groups is 2. The van der Waals surface area contributed by atoms with Crippen LogP contribution in [0.15, 0.2) is 52.4 Å². The molecule has 0 spiro atoms. The number of hydrogen-bond acceptors (Lipinski definition) is 7. The average molecular weight is 556 g/mol. The zero-order chi connectivity index (χ0) is 26.5. The first-order valence-corrected chi connectivity index (χ1v) is 11.5. The fourth-order valence-corrected chi connectivity index (χ4v) is 4.22. The lowest BCUT2D eigenvalue weighted by molar-refractivity contribution is -0.142. The Morgan fingerprint density at radius 3 is 2.39 bits per heavy atom. The summed E-state index contributed by atoms with van der Waals surface area (Å²) in [6.07, 6.45) is -4.99. The molecule has 0 aliphatic heterocycles. The summed E-state index contributed by atoms with van der Waals surface area (Å²) < 4.78 is 45.7. The molecule has 0 aliphatic rings. The molecule has 186 valence electrons. The number of carbonyl (C=O) groups excluding carboxylic acids is 2. The number of nitrogens with one attached hydrogen (secondary N) is 2. The van der Waals surface area contributed by atoms with Gasteiger partial charge in [0.2, 0.25) is 0 Å². The Kier molecular flexibility index (Phi) is 8.62. The lowest BCUT2D eigenvalue weighted by atomic mass is 10.1. The van der Waals surface area contributed by atoms with E-state index in [4.69, 9.17) is 23.2 Å². The number of urea groups is 1. The van der Waals surface area contributed by atoms with Gasteiger partial charge in [0.15, 0.2) is 5.69 Å². The summed E-state index contributed by atoms with van der Waals surface area (Å²) in [5.41, 5.74) is -2.18. The number of benzene rings is 1. The Labute approximate surface area is 216 Å². The topological polar surface area (TPSA) is 117 Å². The largest absolute Gasteiger partial charge is 0.462 e. The van der Waals surface area contributed by atoms with Crippen molar-refractivity contribution < 1.29 is 27.5 Å². The van der Waals surface area contributed by atoms with Crippen molar-refractivity contribution in [3.8, 4) is 6.07 Å². The van der Waals surface area contributed by atoms with E-state index in [1.807, 2.05) is 0 Å². The van der Waals surface area contributed by atoms with Crippen molar-refractivity contribution in [2.75, 3.05) is 17.2 Å². The molecule has 2 heterocycles. The zero-order valence-corrected chi connectivity index (χ0v) is 20.4. The van der Waals surface area contributed by atoms with Gasteiger partial charge in [-0.05, 0) is 37.3 Å². The number of halogens is 5. The maximum Gasteiger partial charge on any atom is 0.434 e. The number of para-hydroxylation sites is 1. The number of alkyl halides is 3. The predicted molar refractivity (Wildman–Crippen MR) is 127 cm³/mol. The van der Waals surface area contributed by atoms with Gasteiger partial charge in [0.05, 0.1) is 23.4 Å². The van der Waals surface area contributed by atoms with Crippen molar-refractivity contribution in [1.82, 2.24) is 9.97 Å². The van der Waals surface area contributed by atoms with E-state index in [2.05, 4.69) is 25.3 Å². The van der Waals surface area contributed by atoms with Crippen LogP contribution in [0.4, 0.5) is 29.3 Å². The molecule has 2 N–H and O–H groups in total. The molecule has 0 saturated heterocycles. The predicted octanol–water partition coefficient (Wildman–Crippen LogP) is 6.65. The van der Waals surface area contributed by atoms with Crippen LogP contribution in [0, 0.1) is 11.3 Å². The normalized spacial score (nSPS) is 10.9. The summed E-state index contributed by atoms with van der Waals surface area (Å²) in [6, 6.07) is 10.7. The first kappa shape index (κ1) is 27.1. The molecule has 3 aromatic rings. The van der Waals surface area contributed by atoms with E-state index in [0.717, 1.165) is 6.07 Å². The molecule has 2 aromatic heterocycles. The second-order valence-corrected chi connectivity index (χ2v) is 8.55. The standard InChI is InChI=1S/C22H14Cl2F3N5O3S/c1-2-35-20(33)13-7-11(10-28)19(32-18(13)22(25,26)27)36-15-6-4-3-5-14(15)30-21(34)29-12-8-16(23)31-17(24)9-12/h3-9H,2H2,1H3,(H2,29,30,31,34). The molecular weight excluding hydrogens is 542 g/mol. The summed E-state index contributed by atoms with van der Waals surface area (Å²) in [4.78, 5) is 32.2. The van der Waals surface area contributed by atoms with Gasteiger partial charge in [-0.25, -0.2) is 19.6 Å². The number of nitrogens with zero attached hydrogens (tertiary/aromatic N) is 3. The van der Waals surface area contributed by atoms with Crippen molar-refractivity contribution in [3.63, 3.8) is 0 Å². The maximum atomic E-state index is 13.7. The van der Waals surface area contributed by atoms with Crippen LogP contribution >= 0.6 is 35.0 Å². The number of hydrogen-bond donors (Lipinski definition) is 2. The van der Waals surface area contributed by atoms with Gasteiger partial charge >= 0.3 is 18.2 Å². The van der Waals surface area contributed by atoms with Gasteiger partial charge in [0.25, 0.3) is 0 Å². The molecule has 0 radical (unpaired) electrons. The van der Waals surface area contributed by atoms with Gasteiger partial charge in [-0.1, -0.05) is 47.1 Å². The number of nitriles is 1. The fraction of sp³-hybridized carbons (Fsp3) is 0.136. The van der Waals surface area contributed by atoms with E-state index in [9.17, 15) is 28.0 Å². The van der Waals surface area contributed by atoms with Crippen molar-refractivity contribution in [1.29, 1.82) is 5.26 Å². The molecule has 0 unspecified atom stereocenters. The number of amides is 2. The molecule has 0 saturated carbocycles. The second-order valence-electron chi connectivity index (χ2n) is 6.75. The number of ether oxygens (including phenoxy) is 1. The van der Waals surface area contributed by atoms with Gasteiger partial charge in [-0.15, -0.1) is 0 Å². The van der Waals surface area contributed by atoms with Crippen molar-refractivity contribution in [2.24, 2.45) is 0 Å². The molecule has 0 aliphatic carbocycles. The van der Waals surface area contributed by atoms with Crippen molar-refractivity contribution >= 4 is 58.3 Å². The van der Waals surface area contributed by atoms with E-state index in [0.29, 0.717) is 11.8 Å². The molecule has 36 heavy (non-hydrogen) atoms. The quantitative estimate of drug-likeness (QED) is 0.258. The molecule has 3 rings (SSSR count). The highest BCUT2D eigenvalue weighted by atomic mass is 35.5.